The highest BCUT2D eigenvalue weighted by Crippen LogP contribution is 2.07. The minimum absolute atomic E-state index is 0.127. The van der Waals surface area contributed by atoms with Crippen molar-refractivity contribution in [2.45, 2.75) is 34.1 Å². The van der Waals surface area contributed by atoms with E-state index < -0.39 is 0 Å². The third kappa shape index (κ3) is 7.24. The standard InChI is InChI=1S/C11H15N3O.2C2H6/c1-4-6-10-9(12-5-2)7-8-14(3)11(15)13-10;2*1-2/h4-6H,1-2,7-8H2,3H3,(H,13,15);2*1-2H3/b10-6+,12-9?;;. The molecular formula is C15H27N3O. The van der Waals surface area contributed by atoms with Crippen LogP contribution in [0.15, 0.2) is 42.2 Å². The lowest BCUT2D eigenvalue weighted by atomic mass is 10.2. The number of hydrogen-bond donors (Lipinski definition) is 1. The normalized spacial score (nSPS) is 18.4. The summed E-state index contributed by atoms with van der Waals surface area (Å²) in [6, 6.07) is -0.127. The van der Waals surface area contributed by atoms with Gasteiger partial charge in [0.05, 0.1) is 11.4 Å². The van der Waals surface area contributed by atoms with E-state index in [1.807, 2.05) is 27.7 Å². The van der Waals surface area contributed by atoms with Crippen LogP contribution in [0.1, 0.15) is 34.1 Å². The van der Waals surface area contributed by atoms with Crippen LogP contribution >= 0.6 is 0 Å². The minimum Gasteiger partial charge on any atom is -0.327 e. The van der Waals surface area contributed by atoms with Gasteiger partial charge in [-0.15, -0.1) is 0 Å². The number of hydrogen-bond acceptors (Lipinski definition) is 2. The quantitative estimate of drug-likeness (QED) is 0.812. The Morgan fingerprint density at radius 1 is 1.26 bits per heavy atom. The number of urea groups is 1. The van der Waals surface area contributed by atoms with Gasteiger partial charge >= 0.3 is 6.03 Å². The lowest BCUT2D eigenvalue weighted by Gasteiger charge is -2.12. The van der Waals surface area contributed by atoms with E-state index in [0.29, 0.717) is 18.7 Å². The second kappa shape index (κ2) is 12.6. The summed E-state index contributed by atoms with van der Waals surface area (Å²) in [6.07, 6.45) is 5.55. The van der Waals surface area contributed by atoms with Gasteiger partial charge in [0.2, 0.25) is 0 Å². The Morgan fingerprint density at radius 3 is 2.32 bits per heavy atom. The molecule has 0 atom stereocenters. The summed E-state index contributed by atoms with van der Waals surface area (Å²) in [7, 11) is 1.75. The van der Waals surface area contributed by atoms with Crippen molar-refractivity contribution in [2.75, 3.05) is 13.6 Å². The molecule has 0 saturated carbocycles. The molecule has 0 radical (unpaired) electrons. The maximum absolute atomic E-state index is 11.5. The number of rotatable bonds is 2. The number of allylic oxidation sites excluding steroid dienone is 3. The van der Waals surface area contributed by atoms with E-state index in [-0.39, 0.29) is 6.03 Å². The fourth-order valence-electron chi connectivity index (χ4n) is 1.29. The zero-order valence-electron chi connectivity index (χ0n) is 12.9. The second-order valence-corrected chi connectivity index (χ2v) is 3.18. The first kappa shape index (κ1) is 19.5. The SMILES string of the molecule is C=C/C=C1/NC(=O)N(C)CCC1=NC=C.CC.CC. The first-order chi connectivity index (χ1) is 9.19. The Morgan fingerprint density at radius 2 is 1.84 bits per heavy atom. The van der Waals surface area contributed by atoms with Crippen LogP contribution in [0.4, 0.5) is 4.79 Å². The van der Waals surface area contributed by atoms with E-state index in [0.717, 1.165) is 5.71 Å². The number of aliphatic imine (C=N–C) groups is 1. The van der Waals surface area contributed by atoms with E-state index in [9.17, 15) is 4.79 Å². The van der Waals surface area contributed by atoms with Gasteiger partial charge in [-0.2, -0.15) is 0 Å². The van der Waals surface area contributed by atoms with E-state index in [2.05, 4.69) is 23.5 Å². The van der Waals surface area contributed by atoms with Crippen LogP contribution in [-0.2, 0) is 0 Å². The van der Waals surface area contributed by atoms with Crippen LogP contribution in [0.5, 0.6) is 0 Å². The number of amides is 2. The van der Waals surface area contributed by atoms with Crippen molar-refractivity contribution < 1.29 is 4.79 Å². The van der Waals surface area contributed by atoms with Gasteiger partial charge in [-0.05, 0) is 6.08 Å². The molecule has 1 heterocycles. The molecule has 19 heavy (non-hydrogen) atoms. The maximum atomic E-state index is 11.5. The molecule has 4 nitrogen and oxygen atoms in total. The summed E-state index contributed by atoms with van der Waals surface area (Å²) in [6.45, 7) is 15.8. The molecule has 0 unspecified atom stereocenters. The summed E-state index contributed by atoms with van der Waals surface area (Å²) < 4.78 is 0. The Labute approximate surface area is 117 Å². The summed E-state index contributed by atoms with van der Waals surface area (Å²) in [5.74, 6) is 0. The molecule has 4 heteroatoms. The van der Waals surface area contributed by atoms with E-state index in [1.54, 1.807) is 24.1 Å². The van der Waals surface area contributed by atoms with E-state index in [1.165, 1.54) is 6.20 Å². The van der Waals surface area contributed by atoms with Crippen molar-refractivity contribution in [1.82, 2.24) is 10.2 Å². The maximum Gasteiger partial charge on any atom is 0.321 e. The molecular weight excluding hydrogens is 238 g/mol. The molecule has 0 aromatic rings. The van der Waals surface area contributed by atoms with Gasteiger partial charge in [0.15, 0.2) is 0 Å². The molecule has 1 saturated heterocycles. The van der Waals surface area contributed by atoms with Gasteiger partial charge in [-0.3, -0.25) is 4.99 Å². The first-order valence-corrected chi connectivity index (χ1v) is 6.72. The molecule has 1 aliphatic heterocycles. The van der Waals surface area contributed by atoms with Crippen LogP contribution in [0.2, 0.25) is 0 Å². The summed E-state index contributed by atoms with van der Waals surface area (Å²) in [5.41, 5.74) is 1.52. The van der Waals surface area contributed by atoms with Gasteiger partial charge < -0.3 is 10.2 Å². The Balaban J connectivity index is 0. The molecule has 2 amide bonds. The lowest BCUT2D eigenvalue weighted by molar-refractivity contribution is 0.215. The van der Waals surface area contributed by atoms with Crippen LogP contribution < -0.4 is 5.32 Å². The molecule has 1 rings (SSSR count). The fraction of sp³-hybridized carbons (Fsp3) is 0.467. The lowest BCUT2D eigenvalue weighted by Crippen LogP contribution is -2.34. The van der Waals surface area contributed by atoms with Crippen molar-refractivity contribution in [3.8, 4) is 0 Å². The second-order valence-electron chi connectivity index (χ2n) is 3.18. The Hall–Kier alpha value is -1.84. The average molecular weight is 265 g/mol. The molecule has 108 valence electrons. The summed E-state index contributed by atoms with van der Waals surface area (Å²) >= 11 is 0. The molecule has 0 spiro atoms. The first-order valence-electron chi connectivity index (χ1n) is 6.72. The van der Waals surface area contributed by atoms with Crippen molar-refractivity contribution in [3.05, 3.63) is 37.2 Å². The van der Waals surface area contributed by atoms with Crippen LogP contribution in [-0.4, -0.2) is 30.2 Å². The predicted molar refractivity (Wildman–Crippen MR) is 84.4 cm³/mol. The van der Waals surface area contributed by atoms with Crippen LogP contribution in [0.3, 0.4) is 0 Å². The highest BCUT2D eigenvalue weighted by Gasteiger charge is 2.18. The fourth-order valence-corrected chi connectivity index (χ4v) is 1.29. The van der Waals surface area contributed by atoms with E-state index >= 15 is 0 Å². The number of nitrogens with one attached hydrogen (secondary N) is 1. The number of carbonyl (C=O) groups excluding carboxylic acids is 1. The summed E-state index contributed by atoms with van der Waals surface area (Å²) in [5, 5.41) is 2.76. The molecule has 0 aliphatic carbocycles. The van der Waals surface area contributed by atoms with Gasteiger partial charge in [0.1, 0.15) is 0 Å². The molecule has 0 aromatic heterocycles. The van der Waals surface area contributed by atoms with Crippen molar-refractivity contribution in [1.29, 1.82) is 0 Å². The molecule has 0 bridgehead atoms. The van der Waals surface area contributed by atoms with Gasteiger partial charge in [-0.25, -0.2) is 4.79 Å². The average Bonchev–Trinajstić information content (AvgIpc) is 2.58. The van der Waals surface area contributed by atoms with Gasteiger partial charge in [0.25, 0.3) is 0 Å². The number of carbonyl (C=O) groups is 1. The van der Waals surface area contributed by atoms with Gasteiger partial charge in [-0.1, -0.05) is 46.9 Å². The Bertz CT molecular complexity index is 343. The Kier molecular flexibility index (Phi) is 12.9. The largest absolute Gasteiger partial charge is 0.327 e. The van der Waals surface area contributed by atoms with Crippen molar-refractivity contribution in [3.63, 3.8) is 0 Å². The molecule has 1 aliphatic rings. The van der Waals surface area contributed by atoms with Crippen LogP contribution in [0, 0.1) is 0 Å². The highest BCUT2D eigenvalue weighted by atomic mass is 16.2. The third-order valence-electron chi connectivity index (χ3n) is 2.11. The zero-order valence-corrected chi connectivity index (χ0v) is 12.9. The van der Waals surface area contributed by atoms with Gasteiger partial charge in [0, 0.05) is 26.2 Å². The molecule has 1 fully saturated rings. The third-order valence-corrected chi connectivity index (χ3v) is 2.11. The monoisotopic (exact) mass is 265 g/mol. The minimum atomic E-state index is -0.127. The molecule has 0 aromatic carbocycles. The van der Waals surface area contributed by atoms with Crippen molar-refractivity contribution in [2.24, 2.45) is 4.99 Å². The van der Waals surface area contributed by atoms with E-state index in [4.69, 9.17) is 0 Å². The topological polar surface area (TPSA) is 44.7 Å². The number of nitrogens with zero attached hydrogens (tertiary/aromatic N) is 2. The van der Waals surface area contributed by atoms with Crippen LogP contribution in [0.25, 0.3) is 0 Å². The molecule has 1 N–H and O–H groups in total. The smallest absolute Gasteiger partial charge is 0.321 e. The van der Waals surface area contributed by atoms with Crippen molar-refractivity contribution >= 4 is 11.7 Å². The highest BCUT2D eigenvalue weighted by molar-refractivity contribution is 6.04. The zero-order chi connectivity index (χ0) is 15.3. The predicted octanol–water partition coefficient (Wildman–Crippen LogP) is 3.74. The summed E-state index contributed by atoms with van der Waals surface area (Å²) in [4.78, 5) is 17.3.